The lowest BCUT2D eigenvalue weighted by molar-refractivity contribution is -0.174. The van der Waals surface area contributed by atoms with Crippen LogP contribution in [0.1, 0.15) is 19.2 Å². The summed E-state index contributed by atoms with van der Waals surface area (Å²) in [6.07, 6.45) is -2.70. The van der Waals surface area contributed by atoms with Crippen molar-refractivity contribution in [3.05, 3.63) is 30.2 Å². The number of likely N-dealkylation sites (tertiary alicyclic amines) is 1. The second-order valence-corrected chi connectivity index (χ2v) is 10.4. The van der Waals surface area contributed by atoms with Crippen molar-refractivity contribution in [3.63, 3.8) is 0 Å². The highest BCUT2D eigenvalue weighted by Gasteiger charge is 2.51. The van der Waals surface area contributed by atoms with Gasteiger partial charge in [0.05, 0.1) is 37.0 Å². The van der Waals surface area contributed by atoms with Crippen LogP contribution in [0.25, 0.3) is 27.9 Å². The van der Waals surface area contributed by atoms with E-state index in [1.54, 1.807) is 29.3 Å². The number of nitrogens with two attached hydrogens (primary N) is 1. The third-order valence-electron chi connectivity index (χ3n) is 7.43. The number of nitrogen functional groups attached to an aromatic ring is 1. The van der Waals surface area contributed by atoms with Crippen molar-refractivity contribution in [3.8, 4) is 11.3 Å². The summed E-state index contributed by atoms with van der Waals surface area (Å²) in [7, 11) is 0. The third-order valence-corrected chi connectivity index (χ3v) is 7.43. The number of rotatable bonds is 5. The maximum Gasteiger partial charge on any atom is 0.406 e. The predicted octanol–water partition coefficient (Wildman–Crippen LogP) is 3.50. The fraction of sp³-hybridized carbons (Fsp3) is 0.500. The topological polar surface area (TPSA) is 111 Å². The number of hydrogen-bond donors (Lipinski definition) is 2. The monoisotopic (exact) mass is 551 g/mol. The summed E-state index contributed by atoms with van der Waals surface area (Å²) in [5, 5.41) is 7.08. The van der Waals surface area contributed by atoms with Gasteiger partial charge in [0.2, 0.25) is 5.95 Å². The fourth-order valence-corrected chi connectivity index (χ4v) is 5.27. The Morgan fingerprint density at radius 2 is 1.92 bits per heavy atom. The van der Waals surface area contributed by atoms with E-state index in [4.69, 9.17) is 10.5 Å². The molecule has 4 aromatic heterocycles. The molecule has 0 amide bonds. The number of nitrogens with one attached hydrogen (secondary N) is 1. The lowest BCUT2D eigenvalue weighted by atomic mass is 9.91. The Kier molecular flexibility index (Phi) is 5.73. The Labute approximate surface area is 219 Å². The molecule has 3 N–H and O–H groups in total. The standard InChI is InChI=1S/C24H26F5N9O/c1-13-31-16-4-3-15(32-20(16)37(13)10-24(27,28)29)14-5-8-38-18(14)19(30)34-21(35-38)33-17-6-7-36(9-23(17,25)26)22(2)11-39-12-22/h3-5,8,17H,6-7,9-12H2,1-2H3,(H3,30,33,34,35)/t17-/m1/s1. The molecule has 2 fully saturated rings. The van der Waals surface area contributed by atoms with Gasteiger partial charge in [-0.1, -0.05) is 0 Å². The number of pyridine rings is 1. The minimum atomic E-state index is -4.45. The number of fused-ring (bicyclic) bond motifs is 2. The number of halogens is 5. The van der Waals surface area contributed by atoms with E-state index < -0.39 is 31.2 Å². The SMILES string of the molecule is Cc1nc2ccc(-c3ccn4nc(N[C@@H]5CCN(C6(C)COC6)CC5(F)F)nc(N)c34)nc2n1CC(F)(F)F. The van der Waals surface area contributed by atoms with E-state index >= 15 is 8.78 Å². The van der Waals surface area contributed by atoms with Gasteiger partial charge in [-0.25, -0.2) is 23.3 Å². The van der Waals surface area contributed by atoms with Crippen LogP contribution in [-0.4, -0.2) is 84.0 Å². The van der Waals surface area contributed by atoms with Crippen LogP contribution >= 0.6 is 0 Å². The number of piperidine rings is 1. The molecule has 2 aliphatic rings. The van der Waals surface area contributed by atoms with Crippen molar-refractivity contribution in [2.24, 2.45) is 0 Å². The van der Waals surface area contributed by atoms with Crippen molar-refractivity contribution < 1.29 is 26.7 Å². The zero-order chi connectivity index (χ0) is 27.7. The normalized spacial score (nSPS) is 21.4. The summed E-state index contributed by atoms with van der Waals surface area (Å²) in [4.78, 5) is 14.6. The summed E-state index contributed by atoms with van der Waals surface area (Å²) in [6, 6.07) is 3.66. The van der Waals surface area contributed by atoms with Gasteiger partial charge >= 0.3 is 6.18 Å². The molecule has 0 aliphatic carbocycles. The van der Waals surface area contributed by atoms with E-state index in [2.05, 4.69) is 25.4 Å². The minimum Gasteiger partial charge on any atom is -0.382 e. The number of hydrogen-bond acceptors (Lipinski definition) is 8. The lowest BCUT2D eigenvalue weighted by Gasteiger charge is -2.51. The first kappa shape index (κ1) is 25.7. The van der Waals surface area contributed by atoms with Crippen LogP contribution in [0.2, 0.25) is 0 Å². The summed E-state index contributed by atoms with van der Waals surface area (Å²) in [6.45, 7) is 3.10. The lowest BCUT2D eigenvalue weighted by Crippen LogP contribution is -2.67. The average Bonchev–Trinajstić information content (AvgIpc) is 3.38. The van der Waals surface area contributed by atoms with Crippen LogP contribution in [0.4, 0.5) is 33.7 Å². The Hall–Kier alpha value is -3.59. The number of imidazole rings is 1. The van der Waals surface area contributed by atoms with Gasteiger partial charge in [0, 0.05) is 18.3 Å². The maximum atomic E-state index is 15.1. The molecule has 39 heavy (non-hydrogen) atoms. The molecular formula is C24H26F5N9O. The molecule has 15 heteroatoms. The Morgan fingerprint density at radius 1 is 1.15 bits per heavy atom. The van der Waals surface area contributed by atoms with Crippen LogP contribution < -0.4 is 11.1 Å². The highest BCUT2D eigenvalue weighted by Crippen LogP contribution is 2.36. The average molecular weight is 552 g/mol. The van der Waals surface area contributed by atoms with E-state index in [-0.39, 0.29) is 35.2 Å². The Balaban J connectivity index is 1.28. The summed E-state index contributed by atoms with van der Waals surface area (Å²) >= 11 is 0. The van der Waals surface area contributed by atoms with E-state index in [0.29, 0.717) is 42.0 Å². The molecule has 6 rings (SSSR count). The maximum absolute atomic E-state index is 15.1. The number of nitrogens with zero attached hydrogens (tertiary/aromatic N) is 7. The largest absolute Gasteiger partial charge is 0.406 e. The highest BCUT2D eigenvalue weighted by atomic mass is 19.4. The zero-order valence-electron chi connectivity index (χ0n) is 21.1. The number of ether oxygens (including phenoxy) is 1. The van der Waals surface area contributed by atoms with Crippen molar-refractivity contribution in [2.45, 2.75) is 50.5 Å². The summed E-state index contributed by atoms with van der Waals surface area (Å²) in [5.74, 6) is -2.90. The van der Waals surface area contributed by atoms with Crippen LogP contribution in [0.5, 0.6) is 0 Å². The first-order valence-corrected chi connectivity index (χ1v) is 12.4. The number of aryl methyl sites for hydroxylation is 1. The molecule has 0 unspecified atom stereocenters. The molecule has 6 heterocycles. The van der Waals surface area contributed by atoms with Gasteiger partial charge < -0.3 is 20.4 Å². The van der Waals surface area contributed by atoms with E-state index in [0.717, 1.165) is 4.57 Å². The Bertz CT molecular complexity index is 1560. The highest BCUT2D eigenvalue weighted by molar-refractivity contribution is 5.88. The molecule has 0 spiro atoms. The van der Waals surface area contributed by atoms with Crippen LogP contribution in [0, 0.1) is 6.92 Å². The Morgan fingerprint density at radius 3 is 2.59 bits per heavy atom. The molecule has 1 atom stereocenters. The third kappa shape index (κ3) is 4.52. The fourth-order valence-electron chi connectivity index (χ4n) is 5.27. The minimum absolute atomic E-state index is 0.00857. The molecule has 0 saturated carbocycles. The molecule has 2 saturated heterocycles. The van der Waals surface area contributed by atoms with Crippen molar-refractivity contribution in [2.75, 3.05) is 37.4 Å². The molecule has 4 aromatic rings. The number of anilines is 2. The van der Waals surface area contributed by atoms with Gasteiger partial charge in [-0.2, -0.15) is 18.2 Å². The molecule has 0 bridgehead atoms. The second kappa shape index (κ2) is 8.71. The quantitative estimate of drug-likeness (QED) is 0.363. The number of aromatic nitrogens is 6. The molecule has 208 valence electrons. The van der Waals surface area contributed by atoms with Crippen molar-refractivity contribution in [1.29, 1.82) is 0 Å². The van der Waals surface area contributed by atoms with Crippen LogP contribution in [0.15, 0.2) is 24.4 Å². The smallest absolute Gasteiger partial charge is 0.382 e. The first-order chi connectivity index (χ1) is 18.3. The number of alkyl halides is 5. The molecule has 10 nitrogen and oxygen atoms in total. The molecular weight excluding hydrogens is 525 g/mol. The van der Waals surface area contributed by atoms with E-state index in [1.807, 2.05) is 6.92 Å². The first-order valence-electron chi connectivity index (χ1n) is 12.4. The van der Waals surface area contributed by atoms with Crippen molar-refractivity contribution >= 4 is 28.4 Å². The zero-order valence-corrected chi connectivity index (χ0v) is 21.1. The van der Waals surface area contributed by atoms with E-state index in [1.165, 1.54) is 11.4 Å². The van der Waals surface area contributed by atoms with Gasteiger partial charge in [0.1, 0.15) is 23.4 Å². The van der Waals surface area contributed by atoms with Gasteiger partial charge in [0.15, 0.2) is 11.5 Å². The van der Waals surface area contributed by atoms with Gasteiger partial charge in [0.25, 0.3) is 5.92 Å². The molecule has 0 radical (unpaired) electrons. The van der Waals surface area contributed by atoms with E-state index in [9.17, 15) is 13.2 Å². The van der Waals surface area contributed by atoms with Crippen LogP contribution in [-0.2, 0) is 11.3 Å². The predicted molar refractivity (Wildman–Crippen MR) is 132 cm³/mol. The van der Waals surface area contributed by atoms with Gasteiger partial charge in [-0.15, -0.1) is 5.10 Å². The van der Waals surface area contributed by atoms with Gasteiger partial charge in [-0.3, -0.25) is 4.90 Å². The summed E-state index contributed by atoms with van der Waals surface area (Å²) in [5.41, 5.74) is 7.43. The molecule has 2 aliphatic heterocycles. The summed E-state index contributed by atoms with van der Waals surface area (Å²) < 4.78 is 77.2. The van der Waals surface area contributed by atoms with Crippen LogP contribution in [0.3, 0.4) is 0 Å². The molecule has 0 aromatic carbocycles. The van der Waals surface area contributed by atoms with Crippen molar-refractivity contribution in [1.82, 2.24) is 34.0 Å². The second-order valence-electron chi connectivity index (χ2n) is 10.4. The van der Waals surface area contributed by atoms with Gasteiger partial charge in [-0.05, 0) is 38.5 Å².